The Morgan fingerprint density at radius 2 is 0.419 bits per heavy atom. The number of aromatic carboxylic acids is 2. The van der Waals surface area contributed by atoms with Crippen molar-refractivity contribution < 1.29 is 33.0 Å². The number of carbonyl (C=O) groups is 2. The van der Waals surface area contributed by atoms with Crippen LogP contribution < -0.4 is 10.2 Å². The standard InChI is InChI=1S/2C32H68N.C14H10O5S/c2*1-5-9-13-17-21-25-29-33(30-26-22-18-14-10-6-2,31-27-23-19-15-11-7-3)32-28-24-20-16-12-8-4;15-13(16)9-5-1-3-7-11(9)20(19)12-8-4-2-6-10(12)14(17)18/h2*5-32H2,1-4H3;1-8H,(H,15,16)(H,17,18)/q2*+1;/p-2. The summed E-state index contributed by atoms with van der Waals surface area (Å²) in [4.78, 5) is 22.0. The Labute approximate surface area is 538 Å². The molecule has 0 N–H and O–H groups in total. The van der Waals surface area contributed by atoms with Gasteiger partial charge >= 0.3 is 0 Å². The van der Waals surface area contributed by atoms with Crippen molar-refractivity contribution in [3.05, 3.63) is 59.7 Å². The Kier molecular flexibility index (Phi) is 59.5. The van der Waals surface area contributed by atoms with E-state index < -0.39 is 22.7 Å². The van der Waals surface area contributed by atoms with Crippen molar-refractivity contribution in [3.8, 4) is 0 Å². The smallest absolute Gasteiger partial charge is 0.0863 e. The molecule has 2 rings (SSSR count). The lowest BCUT2D eigenvalue weighted by molar-refractivity contribution is -0.929. The molecule has 502 valence electrons. The molecule has 0 saturated carbocycles. The Morgan fingerprint density at radius 1 is 0.267 bits per heavy atom. The van der Waals surface area contributed by atoms with Crippen molar-refractivity contribution in [2.75, 3.05) is 52.4 Å². The lowest BCUT2D eigenvalue weighted by atomic mass is 10.0. The van der Waals surface area contributed by atoms with E-state index in [1.807, 2.05) is 0 Å². The van der Waals surface area contributed by atoms with E-state index in [0.29, 0.717) is 0 Å². The highest BCUT2D eigenvalue weighted by Crippen LogP contribution is 2.25. The van der Waals surface area contributed by atoms with Crippen molar-refractivity contribution in [1.29, 1.82) is 0 Å². The van der Waals surface area contributed by atoms with E-state index >= 15 is 0 Å². The van der Waals surface area contributed by atoms with Crippen molar-refractivity contribution in [1.82, 2.24) is 0 Å². The number of carboxylic acid groups (broad SMARTS) is 2. The molecule has 2 aromatic carbocycles. The van der Waals surface area contributed by atoms with E-state index in [9.17, 15) is 24.0 Å². The molecular formula is C78H144N2O5S. The number of carbonyl (C=O) groups excluding carboxylic acids is 2. The van der Waals surface area contributed by atoms with E-state index in [4.69, 9.17) is 0 Å². The number of hydrogen-bond acceptors (Lipinski definition) is 5. The molecule has 0 unspecified atom stereocenters. The first-order valence-corrected chi connectivity index (χ1v) is 38.9. The van der Waals surface area contributed by atoms with Crippen LogP contribution in [-0.2, 0) is 10.8 Å². The fourth-order valence-corrected chi connectivity index (χ4v) is 14.2. The minimum absolute atomic E-state index is 0.0128. The molecule has 2 aromatic rings. The zero-order valence-electron chi connectivity index (χ0n) is 58.6. The van der Waals surface area contributed by atoms with Gasteiger partial charge in [-0.2, -0.15) is 0 Å². The minimum Gasteiger partial charge on any atom is -0.545 e. The number of benzene rings is 2. The Bertz CT molecular complexity index is 1550. The molecule has 0 radical (unpaired) electrons. The van der Waals surface area contributed by atoms with Crippen LogP contribution in [0.3, 0.4) is 0 Å². The molecule has 7 nitrogen and oxygen atoms in total. The monoisotopic (exact) mass is 1220 g/mol. The van der Waals surface area contributed by atoms with Gasteiger partial charge in [-0.3, -0.25) is 0 Å². The highest BCUT2D eigenvalue weighted by atomic mass is 32.2. The summed E-state index contributed by atoms with van der Waals surface area (Å²) in [5.41, 5.74) is -0.474. The maximum atomic E-state index is 12.4. The molecule has 86 heavy (non-hydrogen) atoms. The van der Waals surface area contributed by atoms with Crippen LogP contribution in [0.5, 0.6) is 0 Å². The lowest BCUT2D eigenvalue weighted by Gasteiger charge is -2.40. The molecule has 0 atom stereocenters. The number of unbranched alkanes of at least 4 members (excludes halogenated alkanes) is 40. The summed E-state index contributed by atoms with van der Waals surface area (Å²) in [5.74, 6) is -2.94. The summed E-state index contributed by atoms with van der Waals surface area (Å²) < 4.78 is 15.4. The molecule has 0 aliphatic heterocycles. The van der Waals surface area contributed by atoms with Crippen LogP contribution in [0.4, 0.5) is 0 Å². The summed E-state index contributed by atoms with van der Waals surface area (Å²) in [6.45, 7) is 30.5. The molecule has 0 saturated heterocycles. The summed E-state index contributed by atoms with van der Waals surface area (Å²) in [5, 5.41) is 22.0. The molecule has 0 amide bonds. The third-order valence-electron chi connectivity index (χ3n) is 18.5. The third-order valence-corrected chi connectivity index (χ3v) is 20.0. The summed E-state index contributed by atoms with van der Waals surface area (Å²) in [6.07, 6.45) is 69.5. The maximum Gasteiger partial charge on any atom is 0.0863 e. The molecule has 0 fully saturated rings. The number of nitrogens with zero attached hydrogens (tertiary/aromatic N) is 2. The van der Waals surface area contributed by atoms with Crippen LogP contribution in [0, 0.1) is 0 Å². The highest BCUT2D eigenvalue weighted by Gasteiger charge is 2.27. The zero-order chi connectivity index (χ0) is 63.3. The predicted molar refractivity (Wildman–Crippen MR) is 373 cm³/mol. The second kappa shape index (κ2) is 61.3. The molecule has 0 aliphatic rings. The van der Waals surface area contributed by atoms with Gasteiger partial charge in [-0.1, -0.05) is 297 Å². The van der Waals surface area contributed by atoms with Gasteiger partial charge in [-0.25, -0.2) is 4.21 Å². The van der Waals surface area contributed by atoms with Crippen LogP contribution in [-0.4, -0.2) is 77.5 Å². The SMILES string of the molecule is CCCCCCCC[N+](CCCCCCCC)(CCCCCCCC)CCCCCCCC.CCCCCCCC[N+](CCCCCCCC)(CCCCCCCC)CCCCCCCC.O=C([O-])c1ccccc1S(=O)c1ccccc1C(=O)[O-]. The van der Waals surface area contributed by atoms with Gasteiger partial charge in [-0.05, 0) is 115 Å². The first-order chi connectivity index (χ1) is 42.0. The van der Waals surface area contributed by atoms with Crippen molar-refractivity contribution in [2.45, 2.75) is 373 Å². The van der Waals surface area contributed by atoms with Gasteiger partial charge in [0.05, 0.1) is 84.9 Å². The van der Waals surface area contributed by atoms with Crippen molar-refractivity contribution in [3.63, 3.8) is 0 Å². The minimum atomic E-state index is -1.95. The fraction of sp³-hybridized carbons (Fsp3) is 0.821. The van der Waals surface area contributed by atoms with Gasteiger partial charge in [0.15, 0.2) is 0 Å². The Hall–Kier alpha value is -2.55. The van der Waals surface area contributed by atoms with E-state index in [0.717, 1.165) is 0 Å². The largest absolute Gasteiger partial charge is 0.545 e. The average Bonchev–Trinajstić information content (AvgIpc) is 3.55. The Balaban J connectivity index is 0.00000130. The summed E-state index contributed by atoms with van der Waals surface area (Å²) in [6, 6.07) is 11.2. The van der Waals surface area contributed by atoms with Gasteiger partial charge in [0.25, 0.3) is 0 Å². The van der Waals surface area contributed by atoms with Crippen LogP contribution in [0.1, 0.15) is 384 Å². The number of carboxylic acids is 2. The molecule has 0 spiro atoms. The first-order valence-electron chi connectivity index (χ1n) is 37.7. The highest BCUT2D eigenvalue weighted by molar-refractivity contribution is 7.85. The number of hydrogen-bond donors (Lipinski definition) is 0. The second-order valence-corrected chi connectivity index (χ2v) is 27.9. The first kappa shape index (κ1) is 83.5. The molecule has 0 aromatic heterocycles. The van der Waals surface area contributed by atoms with Crippen LogP contribution >= 0.6 is 0 Å². The Morgan fingerprint density at radius 3 is 0.581 bits per heavy atom. The fourth-order valence-electron chi connectivity index (χ4n) is 12.9. The van der Waals surface area contributed by atoms with Gasteiger partial charge in [0.2, 0.25) is 0 Å². The predicted octanol–water partition coefficient (Wildman–Crippen LogP) is 22.1. The second-order valence-electron chi connectivity index (χ2n) is 26.5. The summed E-state index contributed by atoms with van der Waals surface area (Å²) in [7, 11) is -1.95. The van der Waals surface area contributed by atoms with E-state index in [1.165, 1.54) is 418 Å². The van der Waals surface area contributed by atoms with Gasteiger partial charge in [0, 0.05) is 11.1 Å². The quantitative estimate of drug-likeness (QED) is 0.0485. The average molecular weight is 1220 g/mol. The lowest BCUT2D eigenvalue weighted by Crippen LogP contribution is -2.50. The van der Waals surface area contributed by atoms with Crippen molar-refractivity contribution >= 4 is 22.7 Å². The normalized spacial score (nSPS) is 11.6. The third kappa shape index (κ3) is 45.7. The van der Waals surface area contributed by atoms with E-state index in [1.54, 1.807) is 0 Å². The number of rotatable bonds is 60. The van der Waals surface area contributed by atoms with E-state index in [2.05, 4.69) is 55.4 Å². The van der Waals surface area contributed by atoms with Gasteiger partial charge in [-0.15, -0.1) is 0 Å². The van der Waals surface area contributed by atoms with Crippen molar-refractivity contribution in [2.24, 2.45) is 0 Å². The molecule has 0 aliphatic carbocycles. The maximum absolute atomic E-state index is 12.4. The van der Waals surface area contributed by atoms with Crippen LogP contribution in [0.25, 0.3) is 0 Å². The van der Waals surface area contributed by atoms with Gasteiger partial charge < -0.3 is 28.8 Å². The van der Waals surface area contributed by atoms with Crippen LogP contribution in [0.15, 0.2) is 58.3 Å². The summed E-state index contributed by atoms with van der Waals surface area (Å²) >= 11 is 0. The van der Waals surface area contributed by atoms with Gasteiger partial charge in [0.1, 0.15) is 0 Å². The van der Waals surface area contributed by atoms with E-state index in [-0.39, 0.29) is 20.9 Å². The molecule has 0 bridgehead atoms. The van der Waals surface area contributed by atoms with Crippen LogP contribution in [0.2, 0.25) is 0 Å². The zero-order valence-corrected chi connectivity index (χ0v) is 59.4. The topological polar surface area (TPSA) is 97.3 Å². The number of quaternary nitrogens is 2. The molecular weight excluding hydrogens is 1080 g/mol. The molecule has 0 heterocycles. The molecule has 8 heteroatoms.